The maximum Gasteiger partial charge on any atom is 0.154 e. The number of rotatable bonds is 8. The predicted octanol–water partition coefficient (Wildman–Crippen LogP) is 7.18. The number of amidine groups is 2. The molecule has 3 nitrogen and oxygen atoms in total. The van der Waals surface area contributed by atoms with Gasteiger partial charge in [0.2, 0.25) is 0 Å². The zero-order valence-electron chi connectivity index (χ0n) is 20.8. The minimum absolute atomic E-state index is 0.187. The van der Waals surface area contributed by atoms with Gasteiger partial charge in [-0.25, -0.2) is 4.99 Å². The van der Waals surface area contributed by atoms with Crippen molar-refractivity contribution in [2.75, 3.05) is 14.1 Å². The molecule has 31 heavy (non-hydrogen) atoms. The topological polar surface area (TPSA) is 39.5 Å². The summed E-state index contributed by atoms with van der Waals surface area (Å²) in [6.45, 7) is 13.6. The molecule has 0 atom stereocenters. The van der Waals surface area contributed by atoms with Crippen LogP contribution in [0.15, 0.2) is 53.5 Å². The highest BCUT2D eigenvalue weighted by Gasteiger charge is 2.23. The van der Waals surface area contributed by atoms with Gasteiger partial charge in [0.1, 0.15) is 5.84 Å². The van der Waals surface area contributed by atoms with Crippen molar-refractivity contribution >= 4 is 11.7 Å². The molecule has 0 spiro atoms. The summed E-state index contributed by atoms with van der Waals surface area (Å²) in [5, 5.41) is 8.61. The number of aliphatic imine (C=N–C) groups is 1. The van der Waals surface area contributed by atoms with Gasteiger partial charge in [0.15, 0.2) is 5.84 Å². The van der Waals surface area contributed by atoms with Crippen molar-refractivity contribution in [3.63, 3.8) is 0 Å². The van der Waals surface area contributed by atoms with Gasteiger partial charge in [-0.3, -0.25) is 5.41 Å². The molecule has 0 aliphatic rings. The van der Waals surface area contributed by atoms with E-state index in [2.05, 4.69) is 77.9 Å². The third-order valence-electron chi connectivity index (χ3n) is 7.46. The molecule has 0 unspecified atom stereocenters. The minimum Gasteiger partial charge on any atom is -0.362 e. The van der Waals surface area contributed by atoms with E-state index in [1.807, 2.05) is 31.1 Å². The van der Waals surface area contributed by atoms with Crippen molar-refractivity contribution in [1.29, 1.82) is 5.41 Å². The first kappa shape index (κ1) is 24.8. The molecule has 168 valence electrons. The fourth-order valence-corrected chi connectivity index (χ4v) is 3.96. The van der Waals surface area contributed by atoms with E-state index in [9.17, 15) is 0 Å². The first-order chi connectivity index (χ1) is 14.6. The zero-order valence-corrected chi connectivity index (χ0v) is 20.8. The Morgan fingerprint density at radius 3 is 1.39 bits per heavy atom. The second kappa shape index (κ2) is 10.3. The Balaban J connectivity index is 2.33. The summed E-state index contributed by atoms with van der Waals surface area (Å²) in [7, 11) is 3.97. The van der Waals surface area contributed by atoms with Crippen LogP contribution in [0.4, 0.5) is 0 Å². The lowest BCUT2D eigenvalue weighted by Crippen LogP contribution is -2.25. The van der Waals surface area contributed by atoms with Crippen LogP contribution in [0.3, 0.4) is 0 Å². The predicted molar refractivity (Wildman–Crippen MR) is 136 cm³/mol. The van der Waals surface area contributed by atoms with E-state index in [0.29, 0.717) is 5.84 Å². The largest absolute Gasteiger partial charge is 0.362 e. The number of benzene rings is 2. The number of hydrogen-bond acceptors (Lipinski definition) is 1. The molecule has 2 aromatic carbocycles. The van der Waals surface area contributed by atoms with Crippen LogP contribution in [0.2, 0.25) is 0 Å². The molecule has 0 fully saturated rings. The number of hydrogen-bond donors (Lipinski definition) is 1. The van der Waals surface area contributed by atoms with Crippen molar-refractivity contribution in [3.8, 4) is 0 Å². The smallest absolute Gasteiger partial charge is 0.154 e. The molecule has 0 aliphatic carbocycles. The fourth-order valence-electron chi connectivity index (χ4n) is 3.96. The quantitative estimate of drug-likeness (QED) is 0.357. The van der Waals surface area contributed by atoms with Gasteiger partial charge in [-0.05, 0) is 47.6 Å². The maximum absolute atomic E-state index is 8.61. The molecule has 0 bridgehead atoms. The molecular weight excluding hydrogens is 378 g/mol. The lowest BCUT2D eigenvalue weighted by atomic mass is 9.77. The van der Waals surface area contributed by atoms with Crippen LogP contribution in [0.1, 0.15) is 89.5 Å². The highest BCUT2D eigenvalue weighted by Crippen LogP contribution is 2.32. The van der Waals surface area contributed by atoms with E-state index >= 15 is 0 Å². The van der Waals surface area contributed by atoms with Crippen molar-refractivity contribution in [2.24, 2.45) is 4.99 Å². The van der Waals surface area contributed by atoms with Gasteiger partial charge in [-0.15, -0.1) is 0 Å². The summed E-state index contributed by atoms with van der Waals surface area (Å²) in [5.41, 5.74) is 4.96. The number of nitrogens with zero attached hydrogens (tertiary/aromatic N) is 2. The number of nitrogens with one attached hydrogen (secondary N) is 1. The molecule has 2 aromatic rings. The second-order valence-electron chi connectivity index (χ2n) is 9.37. The van der Waals surface area contributed by atoms with E-state index in [1.165, 1.54) is 11.1 Å². The normalized spacial score (nSPS) is 12.7. The van der Waals surface area contributed by atoms with Gasteiger partial charge in [0.25, 0.3) is 0 Å². The molecule has 0 saturated heterocycles. The van der Waals surface area contributed by atoms with Crippen molar-refractivity contribution in [2.45, 2.75) is 78.1 Å². The summed E-state index contributed by atoms with van der Waals surface area (Å²) in [5.74, 6) is 1.10. The monoisotopic (exact) mass is 419 g/mol. The van der Waals surface area contributed by atoms with Gasteiger partial charge in [-0.1, -0.05) is 90.1 Å². The molecule has 0 aliphatic heterocycles. The Bertz CT molecular complexity index is 881. The molecule has 2 rings (SSSR count). The molecular formula is C28H41N3. The second-order valence-corrected chi connectivity index (χ2v) is 9.37. The Kier molecular flexibility index (Phi) is 8.22. The lowest BCUT2D eigenvalue weighted by molar-refractivity contribution is 0.439. The minimum atomic E-state index is 0.187. The molecule has 0 saturated carbocycles. The van der Waals surface area contributed by atoms with Crippen LogP contribution in [-0.2, 0) is 10.8 Å². The van der Waals surface area contributed by atoms with Gasteiger partial charge in [0, 0.05) is 25.2 Å². The maximum atomic E-state index is 8.61. The van der Waals surface area contributed by atoms with Crippen LogP contribution in [0, 0.1) is 5.41 Å². The Morgan fingerprint density at radius 1 is 0.710 bits per heavy atom. The van der Waals surface area contributed by atoms with Crippen LogP contribution >= 0.6 is 0 Å². The Labute approximate surface area is 190 Å². The van der Waals surface area contributed by atoms with Crippen LogP contribution in [0.5, 0.6) is 0 Å². The van der Waals surface area contributed by atoms with Gasteiger partial charge in [0.05, 0.1) is 0 Å². The van der Waals surface area contributed by atoms with Crippen LogP contribution in [-0.4, -0.2) is 30.7 Å². The first-order valence-electron chi connectivity index (χ1n) is 11.7. The average molecular weight is 420 g/mol. The zero-order chi connectivity index (χ0) is 23.2. The van der Waals surface area contributed by atoms with Gasteiger partial charge in [-0.2, -0.15) is 0 Å². The standard InChI is InChI=1S/C28H41N3/c1-9-27(5,10-2)23-17-13-21(14-18-23)25(29)30-26(31(7)8)22-15-19-24(20-16-22)28(6,11-3)12-4/h13-20,29H,9-12H2,1-8H3. The average Bonchev–Trinajstić information content (AvgIpc) is 2.81. The summed E-state index contributed by atoms with van der Waals surface area (Å²) >= 11 is 0. The summed E-state index contributed by atoms with van der Waals surface area (Å²) in [6, 6.07) is 17.1. The molecule has 0 heterocycles. The van der Waals surface area contributed by atoms with E-state index in [0.717, 1.165) is 42.6 Å². The van der Waals surface area contributed by atoms with Crippen molar-refractivity contribution in [1.82, 2.24) is 4.90 Å². The van der Waals surface area contributed by atoms with Crippen LogP contribution < -0.4 is 0 Å². The lowest BCUT2D eigenvalue weighted by Gasteiger charge is -2.28. The van der Waals surface area contributed by atoms with E-state index < -0.39 is 0 Å². The van der Waals surface area contributed by atoms with E-state index in [-0.39, 0.29) is 10.8 Å². The molecule has 3 heteroatoms. The van der Waals surface area contributed by atoms with E-state index in [1.54, 1.807) is 0 Å². The molecule has 0 aromatic heterocycles. The van der Waals surface area contributed by atoms with Crippen LogP contribution in [0.25, 0.3) is 0 Å². The summed E-state index contributed by atoms with van der Waals surface area (Å²) < 4.78 is 0. The summed E-state index contributed by atoms with van der Waals surface area (Å²) in [6.07, 6.45) is 4.45. The van der Waals surface area contributed by atoms with Gasteiger partial charge < -0.3 is 4.90 Å². The first-order valence-corrected chi connectivity index (χ1v) is 11.7. The molecule has 0 amide bonds. The molecule has 0 radical (unpaired) electrons. The Morgan fingerprint density at radius 2 is 1.06 bits per heavy atom. The third-order valence-corrected chi connectivity index (χ3v) is 7.46. The van der Waals surface area contributed by atoms with Crippen molar-refractivity contribution in [3.05, 3.63) is 70.8 Å². The Hall–Kier alpha value is -2.42. The highest BCUT2D eigenvalue weighted by molar-refractivity contribution is 6.10. The molecule has 1 N–H and O–H groups in total. The fraction of sp³-hybridized carbons (Fsp3) is 0.500. The highest BCUT2D eigenvalue weighted by atomic mass is 15.1. The SMILES string of the molecule is CCC(C)(CC)c1ccc(C(=N)N=C(c2ccc(C(C)(CC)CC)cc2)N(C)C)cc1. The van der Waals surface area contributed by atoms with E-state index in [4.69, 9.17) is 10.4 Å². The third kappa shape index (κ3) is 5.44. The van der Waals surface area contributed by atoms with Gasteiger partial charge >= 0.3 is 0 Å². The van der Waals surface area contributed by atoms with Crippen molar-refractivity contribution < 1.29 is 0 Å². The summed E-state index contributed by atoms with van der Waals surface area (Å²) in [4.78, 5) is 6.69.